The van der Waals surface area contributed by atoms with Gasteiger partial charge in [-0.1, -0.05) is 13.8 Å². The van der Waals surface area contributed by atoms with E-state index in [0.29, 0.717) is 18.1 Å². The van der Waals surface area contributed by atoms with Crippen LogP contribution >= 0.6 is 0 Å². The second-order valence-corrected chi connectivity index (χ2v) is 4.62. The number of rotatable bonds is 9. The summed E-state index contributed by atoms with van der Waals surface area (Å²) in [4.78, 5) is 2.50. The van der Waals surface area contributed by atoms with E-state index < -0.39 is 0 Å². The Bertz CT molecular complexity index is 164. The van der Waals surface area contributed by atoms with E-state index in [-0.39, 0.29) is 0 Å². The van der Waals surface area contributed by atoms with Crippen molar-refractivity contribution in [3.63, 3.8) is 0 Å². The standard InChI is InChI=1S/C13H30N2O/c1-7-9-14-12(4)13(5)15(8-2)11(3)10-16-6/h11-14H,7-10H2,1-6H3. The normalized spacial score (nSPS) is 17.4. The van der Waals surface area contributed by atoms with Gasteiger partial charge < -0.3 is 10.1 Å². The molecule has 16 heavy (non-hydrogen) atoms. The van der Waals surface area contributed by atoms with Gasteiger partial charge in [0, 0.05) is 25.2 Å². The zero-order valence-electron chi connectivity index (χ0n) is 11.9. The van der Waals surface area contributed by atoms with Crippen molar-refractivity contribution in [2.24, 2.45) is 0 Å². The Morgan fingerprint density at radius 2 is 1.81 bits per heavy atom. The second-order valence-electron chi connectivity index (χ2n) is 4.62. The highest BCUT2D eigenvalue weighted by molar-refractivity contribution is 4.80. The maximum absolute atomic E-state index is 5.24. The van der Waals surface area contributed by atoms with E-state index in [2.05, 4.69) is 44.8 Å². The number of hydrogen-bond donors (Lipinski definition) is 1. The van der Waals surface area contributed by atoms with Crippen LogP contribution in [0.25, 0.3) is 0 Å². The van der Waals surface area contributed by atoms with Gasteiger partial charge in [-0.3, -0.25) is 4.90 Å². The molecule has 0 bridgehead atoms. The van der Waals surface area contributed by atoms with E-state index >= 15 is 0 Å². The van der Waals surface area contributed by atoms with Crippen molar-refractivity contribution in [3.8, 4) is 0 Å². The van der Waals surface area contributed by atoms with Crippen molar-refractivity contribution >= 4 is 0 Å². The molecule has 0 fully saturated rings. The topological polar surface area (TPSA) is 24.5 Å². The van der Waals surface area contributed by atoms with Gasteiger partial charge in [0.1, 0.15) is 0 Å². The van der Waals surface area contributed by atoms with E-state index in [1.54, 1.807) is 7.11 Å². The molecule has 0 radical (unpaired) electrons. The van der Waals surface area contributed by atoms with Gasteiger partial charge in [0.05, 0.1) is 6.61 Å². The minimum atomic E-state index is 0.482. The summed E-state index contributed by atoms with van der Waals surface area (Å²) in [5.74, 6) is 0. The number of ether oxygens (including phenoxy) is 1. The predicted octanol–water partition coefficient (Wildman–Crippen LogP) is 2.12. The van der Waals surface area contributed by atoms with Crippen LogP contribution in [0.3, 0.4) is 0 Å². The average Bonchev–Trinajstić information content (AvgIpc) is 2.27. The summed E-state index contributed by atoms with van der Waals surface area (Å²) in [5, 5.41) is 3.56. The van der Waals surface area contributed by atoms with Gasteiger partial charge in [-0.2, -0.15) is 0 Å². The zero-order valence-corrected chi connectivity index (χ0v) is 11.9. The molecular weight excluding hydrogens is 200 g/mol. The lowest BCUT2D eigenvalue weighted by Gasteiger charge is -2.37. The molecule has 3 nitrogen and oxygen atoms in total. The van der Waals surface area contributed by atoms with Crippen molar-refractivity contribution in [2.75, 3.05) is 26.8 Å². The maximum Gasteiger partial charge on any atom is 0.0615 e. The summed E-state index contributed by atoms with van der Waals surface area (Å²) in [7, 11) is 1.77. The Morgan fingerprint density at radius 1 is 1.19 bits per heavy atom. The summed E-state index contributed by atoms with van der Waals surface area (Å²) in [5.41, 5.74) is 0. The van der Waals surface area contributed by atoms with Gasteiger partial charge in [-0.25, -0.2) is 0 Å². The van der Waals surface area contributed by atoms with E-state index in [1.165, 1.54) is 6.42 Å². The SMILES string of the molecule is CCCNC(C)C(C)N(CC)C(C)COC. The van der Waals surface area contributed by atoms with Gasteiger partial charge in [0.2, 0.25) is 0 Å². The molecule has 0 aliphatic heterocycles. The minimum absolute atomic E-state index is 0.482. The average molecular weight is 230 g/mol. The molecule has 0 amide bonds. The van der Waals surface area contributed by atoms with Crippen LogP contribution in [0.1, 0.15) is 41.0 Å². The molecule has 3 atom stereocenters. The zero-order chi connectivity index (χ0) is 12.6. The van der Waals surface area contributed by atoms with E-state index in [4.69, 9.17) is 4.74 Å². The maximum atomic E-state index is 5.24. The van der Waals surface area contributed by atoms with Crippen molar-refractivity contribution < 1.29 is 4.74 Å². The largest absolute Gasteiger partial charge is 0.383 e. The highest BCUT2D eigenvalue weighted by Crippen LogP contribution is 2.09. The summed E-state index contributed by atoms with van der Waals surface area (Å²) in [6.07, 6.45) is 1.19. The molecule has 0 heterocycles. The fourth-order valence-corrected chi connectivity index (χ4v) is 2.17. The Hall–Kier alpha value is -0.120. The molecule has 0 saturated heterocycles. The lowest BCUT2D eigenvalue weighted by Crippen LogP contribution is -2.51. The third-order valence-electron chi connectivity index (χ3n) is 3.30. The first-order valence-electron chi connectivity index (χ1n) is 6.56. The first-order valence-corrected chi connectivity index (χ1v) is 6.56. The molecule has 3 heteroatoms. The highest BCUT2D eigenvalue weighted by Gasteiger charge is 2.22. The Balaban J connectivity index is 4.21. The Labute approximate surface area is 102 Å². The van der Waals surface area contributed by atoms with Crippen LogP contribution < -0.4 is 5.32 Å². The van der Waals surface area contributed by atoms with Crippen LogP contribution in [0.4, 0.5) is 0 Å². The smallest absolute Gasteiger partial charge is 0.0615 e. The van der Waals surface area contributed by atoms with Gasteiger partial charge in [0.25, 0.3) is 0 Å². The summed E-state index contributed by atoms with van der Waals surface area (Å²) < 4.78 is 5.24. The Morgan fingerprint density at radius 3 is 2.25 bits per heavy atom. The highest BCUT2D eigenvalue weighted by atomic mass is 16.5. The van der Waals surface area contributed by atoms with Crippen LogP contribution in [0.2, 0.25) is 0 Å². The quantitative estimate of drug-likeness (QED) is 0.656. The molecular formula is C13H30N2O. The number of likely N-dealkylation sites (N-methyl/N-ethyl adjacent to an activating group) is 1. The lowest BCUT2D eigenvalue weighted by atomic mass is 10.1. The van der Waals surface area contributed by atoms with Gasteiger partial charge in [-0.15, -0.1) is 0 Å². The fraction of sp³-hybridized carbons (Fsp3) is 1.00. The van der Waals surface area contributed by atoms with Gasteiger partial charge >= 0.3 is 0 Å². The van der Waals surface area contributed by atoms with Crippen LogP contribution in [0.5, 0.6) is 0 Å². The number of methoxy groups -OCH3 is 1. The molecule has 0 aromatic rings. The molecule has 0 aromatic heterocycles. The number of hydrogen-bond acceptors (Lipinski definition) is 3. The molecule has 0 aliphatic carbocycles. The molecule has 0 spiro atoms. The third-order valence-corrected chi connectivity index (χ3v) is 3.30. The molecule has 0 saturated carbocycles. The van der Waals surface area contributed by atoms with Crippen molar-refractivity contribution in [3.05, 3.63) is 0 Å². The molecule has 98 valence electrons. The first-order chi connectivity index (χ1) is 7.58. The van der Waals surface area contributed by atoms with Crippen molar-refractivity contribution in [2.45, 2.75) is 59.2 Å². The monoisotopic (exact) mass is 230 g/mol. The summed E-state index contributed by atoms with van der Waals surface area (Å²) in [6.45, 7) is 14.2. The number of nitrogens with zero attached hydrogens (tertiary/aromatic N) is 1. The van der Waals surface area contributed by atoms with E-state index in [9.17, 15) is 0 Å². The van der Waals surface area contributed by atoms with Crippen LogP contribution in [0.15, 0.2) is 0 Å². The predicted molar refractivity (Wildman–Crippen MR) is 70.9 cm³/mol. The van der Waals surface area contributed by atoms with E-state index in [0.717, 1.165) is 19.7 Å². The Kier molecular flexibility index (Phi) is 8.90. The molecule has 0 aromatic carbocycles. The molecule has 0 rings (SSSR count). The van der Waals surface area contributed by atoms with Crippen LogP contribution in [0, 0.1) is 0 Å². The van der Waals surface area contributed by atoms with Gasteiger partial charge in [0.15, 0.2) is 0 Å². The van der Waals surface area contributed by atoms with Gasteiger partial charge in [-0.05, 0) is 40.3 Å². The second kappa shape index (κ2) is 8.97. The summed E-state index contributed by atoms with van der Waals surface area (Å²) >= 11 is 0. The van der Waals surface area contributed by atoms with Crippen molar-refractivity contribution in [1.82, 2.24) is 10.2 Å². The third kappa shape index (κ3) is 5.28. The molecule has 3 unspecified atom stereocenters. The molecule has 0 aliphatic rings. The van der Waals surface area contributed by atoms with E-state index in [1.807, 2.05) is 0 Å². The van der Waals surface area contributed by atoms with Crippen molar-refractivity contribution in [1.29, 1.82) is 0 Å². The minimum Gasteiger partial charge on any atom is -0.383 e. The fourth-order valence-electron chi connectivity index (χ4n) is 2.17. The number of nitrogens with one attached hydrogen (secondary N) is 1. The van der Waals surface area contributed by atoms with Crippen LogP contribution in [-0.4, -0.2) is 49.8 Å². The molecule has 1 N–H and O–H groups in total. The first kappa shape index (κ1) is 15.9. The summed E-state index contributed by atoms with van der Waals surface area (Å²) in [6, 6.07) is 1.55. The van der Waals surface area contributed by atoms with Crippen LogP contribution in [-0.2, 0) is 4.74 Å². The lowest BCUT2D eigenvalue weighted by molar-refractivity contribution is 0.0674.